The van der Waals surface area contributed by atoms with Crippen LogP contribution in [0.3, 0.4) is 0 Å². The molecule has 1 aliphatic rings. The van der Waals surface area contributed by atoms with Crippen LogP contribution in [0.1, 0.15) is 11.1 Å². The third-order valence-corrected chi connectivity index (χ3v) is 4.71. The van der Waals surface area contributed by atoms with Crippen molar-refractivity contribution >= 4 is 15.9 Å². The summed E-state index contributed by atoms with van der Waals surface area (Å²) in [7, 11) is 3.62. The van der Waals surface area contributed by atoms with Crippen LogP contribution < -0.4 is 14.2 Å². The molecular weight excluding hydrogens is 414 g/mol. The van der Waals surface area contributed by atoms with Gasteiger partial charge in [0.25, 0.3) is 0 Å². The van der Waals surface area contributed by atoms with Crippen LogP contribution in [0.15, 0.2) is 40.9 Å². The molecule has 0 unspecified atom stereocenters. The topological polar surface area (TPSA) is 60.4 Å². The lowest BCUT2D eigenvalue weighted by Gasteiger charge is -2.22. The third kappa shape index (κ3) is 5.59. The lowest BCUT2D eigenvalue weighted by atomic mass is 10.2. The lowest BCUT2D eigenvalue weighted by molar-refractivity contribution is 0.0126. The summed E-state index contributed by atoms with van der Waals surface area (Å²) in [5.74, 6) is 2.32. The number of nitrogens with zero attached hydrogens (tertiary/aromatic N) is 1. The Morgan fingerprint density at radius 1 is 1.19 bits per heavy atom. The van der Waals surface area contributed by atoms with Crippen molar-refractivity contribution < 1.29 is 24.1 Å². The van der Waals surface area contributed by atoms with E-state index in [9.17, 15) is 5.11 Å². The summed E-state index contributed by atoms with van der Waals surface area (Å²) in [6.45, 7) is 2.09. The van der Waals surface area contributed by atoms with E-state index in [4.69, 9.17) is 18.9 Å². The minimum atomic E-state index is -0.581. The van der Waals surface area contributed by atoms with Gasteiger partial charge in [0, 0.05) is 23.1 Å². The van der Waals surface area contributed by atoms with Crippen molar-refractivity contribution in [2.75, 3.05) is 34.1 Å². The van der Waals surface area contributed by atoms with Gasteiger partial charge >= 0.3 is 0 Å². The number of rotatable bonds is 9. The summed E-state index contributed by atoms with van der Waals surface area (Å²) in [5.41, 5.74) is 2.04. The van der Waals surface area contributed by atoms with Crippen LogP contribution in [0, 0.1) is 0 Å². The molecule has 1 N–H and O–H groups in total. The molecule has 2 aromatic rings. The molecule has 146 valence electrons. The molecule has 1 aliphatic heterocycles. The minimum Gasteiger partial charge on any atom is -0.496 e. The highest BCUT2D eigenvalue weighted by atomic mass is 79.9. The zero-order chi connectivity index (χ0) is 19.2. The van der Waals surface area contributed by atoms with Crippen LogP contribution in [0.25, 0.3) is 0 Å². The van der Waals surface area contributed by atoms with Gasteiger partial charge in [-0.15, -0.1) is 0 Å². The van der Waals surface area contributed by atoms with E-state index >= 15 is 0 Å². The van der Waals surface area contributed by atoms with Crippen LogP contribution in [-0.2, 0) is 17.9 Å². The zero-order valence-electron chi connectivity index (χ0n) is 15.5. The number of methoxy groups -OCH3 is 1. The SMILES string of the molecule is COc1ccc(Br)cc1CN(C)C[C@H](O)COCc1ccc2c(c1)OCO2. The molecule has 0 fully saturated rings. The molecule has 3 rings (SSSR count). The third-order valence-electron chi connectivity index (χ3n) is 4.22. The predicted molar refractivity (Wildman–Crippen MR) is 105 cm³/mol. The van der Waals surface area contributed by atoms with E-state index in [1.165, 1.54) is 0 Å². The molecule has 7 heteroatoms. The molecule has 0 bridgehead atoms. The normalized spacial score (nSPS) is 13.8. The molecule has 1 atom stereocenters. The van der Waals surface area contributed by atoms with Crippen molar-refractivity contribution in [1.29, 1.82) is 0 Å². The fourth-order valence-electron chi connectivity index (χ4n) is 2.98. The number of aliphatic hydroxyl groups is 1. The van der Waals surface area contributed by atoms with Crippen LogP contribution >= 0.6 is 15.9 Å². The average Bonchev–Trinajstić information content (AvgIpc) is 3.09. The first kappa shape index (κ1) is 19.9. The van der Waals surface area contributed by atoms with Gasteiger partial charge in [0.15, 0.2) is 11.5 Å². The van der Waals surface area contributed by atoms with Gasteiger partial charge in [-0.2, -0.15) is 0 Å². The Morgan fingerprint density at radius 3 is 2.81 bits per heavy atom. The molecule has 2 aromatic carbocycles. The Labute approximate surface area is 167 Å². The Kier molecular flexibility index (Phi) is 6.95. The fraction of sp³-hybridized carbons (Fsp3) is 0.400. The first-order valence-corrected chi connectivity index (χ1v) is 9.49. The molecule has 0 radical (unpaired) electrons. The standard InChI is InChI=1S/C20H24BrNO5/c1-22(9-15-8-16(21)4-6-18(15)24-2)10-17(23)12-25-11-14-3-5-19-20(7-14)27-13-26-19/h3-8,17,23H,9-13H2,1-2H3/t17-/m0/s1. The molecule has 6 nitrogen and oxygen atoms in total. The molecule has 27 heavy (non-hydrogen) atoms. The smallest absolute Gasteiger partial charge is 0.231 e. The average molecular weight is 438 g/mol. The largest absolute Gasteiger partial charge is 0.496 e. The second-order valence-electron chi connectivity index (χ2n) is 6.51. The molecule has 0 saturated heterocycles. The van der Waals surface area contributed by atoms with Gasteiger partial charge in [-0.1, -0.05) is 22.0 Å². The summed E-state index contributed by atoms with van der Waals surface area (Å²) in [6.07, 6.45) is -0.581. The van der Waals surface area contributed by atoms with E-state index in [-0.39, 0.29) is 13.4 Å². The van der Waals surface area contributed by atoms with E-state index in [0.717, 1.165) is 32.8 Å². The Hall–Kier alpha value is -1.80. The van der Waals surface area contributed by atoms with Gasteiger partial charge in [0.05, 0.1) is 26.4 Å². The van der Waals surface area contributed by atoms with Gasteiger partial charge in [0.1, 0.15) is 5.75 Å². The van der Waals surface area contributed by atoms with E-state index in [1.54, 1.807) is 7.11 Å². The van der Waals surface area contributed by atoms with E-state index in [2.05, 4.69) is 15.9 Å². The second kappa shape index (κ2) is 9.41. The maximum Gasteiger partial charge on any atom is 0.231 e. The number of hydrogen-bond acceptors (Lipinski definition) is 6. The second-order valence-corrected chi connectivity index (χ2v) is 7.43. The van der Waals surface area contributed by atoms with Crippen molar-refractivity contribution in [3.05, 3.63) is 52.0 Å². The summed E-state index contributed by atoms with van der Waals surface area (Å²) >= 11 is 3.48. The van der Waals surface area contributed by atoms with Crippen molar-refractivity contribution in [3.63, 3.8) is 0 Å². The van der Waals surface area contributed by atoms with Gasteiger partial charge in [-0.3, -0.25) is 4.90 Å². The van der Waals surface area contributed by atoms with Crippen LogP contribution in [0.4, 0.5) is 0 Å². The van der Waals surface area contributed by atoms with E-state index in [0.29, 0.717) is 19.7 Å². The fourth-order valence-corrected chi connectivity index (χ4v) is 3.39. The maximum atomic E-state index is 10.3. The Morgan fingerprint density at radius 2 is 2.00 bits per heavy atom. The minimum absolute atomic E-state index is 0.257. The highest BCUT2D eigenvalue weighted by molar-refractivity contribution is 9.10. The first-order chi connectivity index (χ1) is 13.0. The van der Waals surface area contributed by atoms with Crippen LogP contribution in [0.2, 0.25) is 0 Å². The number of fused-ring (bicyclic) bond motifs is 1. The number of benzene rings is 2. The quantitative estimate of drug-likeness (QED) is 0.649. The van der Waals surface area contributed by atoms with Gasteiger partial charge in [-0.05, 0) is 42.9 Å². The zero-order valence-corrected chi connectivity index (χ0v) is 17.1. The summed E-state index contributed by atoms with van der Waals surface area (Å²) < 4.78 is 22.7. The molecule has 0 aromatic heterocycles. The van der Waals surface area contributed by atoms with Gasteiger partial charge in [-0.25, -0.2) is 0 Å². The maximum absolute atomic E-state index is 10.3. The molecule has 0 spiro atoms. The Balaban J connectivity index is 1.43. The van der Waals surface area contributed by atoms with Crippen LogP contribution in [-0.4, -0.2) is 50.2 Å². The van der Waals surface area contributed by atoms with Gasteiger partial charge in [0.2, 0.25) is 6.79 Å². The highest BCUT2D eigenvalue weighted by Crippen LogP contribution is 2.32. The molecule has 0 aliphatic carbocycles. The van der Waals surface area contributed by atoms with Gasteiger partial charge < -0.3 is 24.1 Å². The number of hydrogen-bond donors (Lipinski definition) is 1. The van der Waals surface area contributed by atoms with Crippen molar-refractivity contribution in [2.45, 2.75) is 19.3 Å². The summed E-state index contributed by atoms with van der Waals surface area (Å²) in [6, 6.07) is 11.6. The van der Waals surface area contributed by atoms with E-state index < -0.39 is 6.10 Å². The Bertz CT molecular complexity index is 770. The van der Waals surface area contributed by atoms with Crippen molar-refractivity contribution in [2.24, 2.45) is 0 Å². The lowest BCUT2D eigenvalue weighted by Crippen LogP contribution is -2.32. The molecule has 0 amide bonds. The number of likely N-dealkylation sites (N-methyl/N-ethyl adjacent to an activating group) is 1. The molecule has 0 saturated carbocycles. The summed E-state index contributed by atoms with van der Waals surface area (Å²) in [4.78, 5) is 2.04. The predicted octanol–water partition coefficient (Wildman–Crippen LogP) is 3.20. The van der Waals surface area contributed by atoms with E-state index in [1.807, 2.05) is 48.3 Å². The number of ether oxygens (including phenoxy) is 4. The van der Waals surface area contributed by atoms with Crippen LogP contribution in [0.5, 0.6) is 17.2 Å². The summed E-state index contributed by atoms with van der Waals surface area (Å²) in [5, 5.41) is 10.3. The number of halogens is 1. The van der Waals surface area contributed by atoms with Crippen molar-refractivity contribution in [1.82, 2.24) is 4.90 Å². The number of aliphatic hydroxyl groups excluding tert-OH is 1. The first-order valence-electron chi connectivity index (χ1n) is 8.70. The highest BCUT2D eigenvalue weighted by Gasteiger charge is 2.14. The monoisotopic (exact) mass is 437 g/mol. The molecule has 1 heterocycles. The molecular formula is C20H24BrNO5. The van der Waals surface area contributed by atoms with Crippen molar-refractivity contribution in [3.8, 4) is 17.2 Å².